The number of hydrogen-bond acceptors (Lipinski definition) is 6. The normalized spacial score (nSPS) is 19.5. The highest BCUT2D eigenvalue weighted by Gasteiger charge is 2.48. The van der Waals surface area contributed by atoms with Gasteiger partial charge in [-0.1, -0.05) is 44.9 Å². The third kappa shape index (κ3) is 9.16. The number of likely N-dealkylation sites (tertiary alicyclic amines) is 2. The van der Waals surface area contributed by atoms with Gasteiger partial charge in [-0.15, -0.1) is 0 Å². The first-order valence-corrected chi connectivity index (χ1v) is 18.2. The van der Waals surface area contributed by atoms with Crippen molar-refractivity contribution < 1.29 is 28.7 Å². The maximum absolute atomic E-state index is 14.2. The Bertz CT molecular complexity index is 1750. The molecule has 4 atom stereocenters. The van der Waals surface area contributed by atoms with Crippen LogP contribution in [0, 0.1) is 23.2 Å². The Morgan fingerprint density at radius 2 is 1.75 bits per heavy atom. The lowest BCUT2D eigenvalue weighted by Gasteiger charge is -2.40. The van der Waals surface area contributed by atoms with E-state index in [1.165, 1.54) is 7.11 Å². The Hall–Kier alpha value is -4.25. The summed E-state index contributed by atoms with van der Waals surface area (Å²) in [5, 5.41) is 7.26. The van der Waals surface area contributed by atoms with Crippen LogP contribution in [0.5, 0.6) is 11.5 Å². The second kappa shape index (κ2) is 16.0. The minimum absolute atomic E-state index is 0.0631. The number of amides is 4. The maximum Gasteiger partial charge on any atom is 0.254 e. The molecular formula is C39H52ClN5O6. The van der Waals surface area contributed by atoms with Gasteiger partial charge in [0.2, 0.25) is 17.7 Å². The molecule has 2 aliphatic rings. The first-order chi connectivity index (χ1) is 24.2. The number of carbonyl (C=O) groups is 4. The predicted molar refractivity (Wildman–Crippen MR) is 198 cm³/mol. The molecule has 0 bridgehead atoms. The molecule has 2 fully saturated rings. The number of benzene rings is 2. The van der Waals surface area contributed by atoms with Crippen molar-refractivity contribution in [2.24, 2.45) is 23.2 Å². The minimum Gasteiger partial charge on any atom is -0.493 e. The average molecular weight is 722 g/mol. The number of aromatic amines is 1. The maximum atomic E-state index is 14.2. The molecule has 0 saturated carbocycles. The van der Waals surface area contributed by atoms with Gasteiger partial charge >= 0.3 is 0 Å². The van der Waals surface area contributed by atoms with Crippen molar-refractivity contribution in [3.63, 3.8) is 0 Å². The van der Waals surface area contributed by atoms with Crippen LogP contribution in [0.2, 0.25) is 5.02 Å². The fraction of sp³-hybridized carbons (Fsp3) is 0.538. The number of carbonyl (C=O) groups excluding carboxylic acids is 4. The van der Waals surface area contributed by atoms with E-state index in [9.17, 15) is 19.2 Å². The molecule has 51 heavy (non-hydrogen) atoms. The van der Waals surface area contributed by atoms with Crippen LogP contribution in [0.4, 0.5) is 0 Å². The van der Waals surface area contributed by atoms with E-state index in [4.69, 9.17) is 21.1 Å². The molecule has 3 aromatic rings. The molecule has 0 radical (unpaired) electrons. The van der Waals surface area contributed by atoms with Crippen LogP contribution in [-0.4, -0.2) is 90.9 Å². The lowest BCUT2D eigenvalue weighted by atomic mass is 9.79. The number of piperidine rings is 1. The predicted octanol–water partition coefficient (Wildman–Crippen LogP) is 5.45. The fourth-order valence-electron chi connectivity index (χ4n) is 7.40. The van der Waals surface area contributed by atoms with Crippen molar-refractivity contribution >= 4 is 46.1 Å². The number of methoxy groups -OCH3 is 1. The molecule has 0 aliphatic carbocycles. The fourth-order valence-corrected chi connectivity index (χ4v) is 7.57. The topological polar surface area (TPSA) is 133 Å². The van der Waals surface area contributed by atoms with Gasteiger partial charge in [0.1, 0.15) is 6.04 Å². The average Bonchev–Trinajstić information content (AvgIpc) is 3.69. The molecular weight excluding hydrogens is 670 g/mol. The molecule has 3 unspecified atom stereocenters. The highest BCUT2D eigenvalue weighted by atomic mass is 35.5. The van der Waals surface area contributed by atoms with E-state index in [0.717, 1.165) is 29.3 Å². The summed E-state index contributed by atoms with van der Waals surface area (Å²) in [6, 6.07) is 9.97. The number of H-pyrrole nitrogens is 1. The van der Waals surface area contributed by atoms with E-state index >= 15 is 0 Å². The van der Waals surface area contributed by atoms with Crippen molar-refractivity contribution in [1.29, 1.82) is 0 Å². The number of hydrogen-bond donors (Lipinski definition) is 3. The Labute approximate surface area is 305 Å². The molecule has 2 aromatic carbocycles. The van der Waals surface area contributed by atoms with E-state index < -0.39 is 12.0 Å². The van der Waals surface area contributed by atoms with Gasteiger partial charge in [0.05, 0.1) is 25.6 Å². The Morgan fingerprint density at radius 3 is 2.43 bits per heavy atom. The minimum atomic E-state index is -0.703. The molecule has 3 N–H and O–H groups in total. The number of halogens is 1. The second-order valence-electron chi connectivity index (χ2n) is 15.4. The van der Waals surface area contributed by atoms with E-state index in [-0.39, 0.29) is 59.9 Å². The zero-order chi connectivity index (χ0) is 37.0. The third-order valence-corrected chi connectivity index (χ3v) is 10.2. The van der Waals surface area contributed by atoms with Gasteiger partial charge in [-0.2, -0.15) is 0 Å². The molecule has 276 valence electrons. The molecule has 12 heteroatoms. The van der Waals surface area contributed by atoms with Crippen LogP contribution in [0.25, 0.3) is 10.9 Å². The zero-order valence-electron chi connectivity index (χ0n) is 30.8. The van der Waals surface area contributed by atoms with Gasteiger partial charge in [-0.3, -0.25) is 19.2 Å². The lowest BCUT2D eigenvalue weighted by molar-refractivity contribution is -0.140. The van der Waals surface area contributed by atoms with Crippen LogP contribution < -0.4 is 20.1 Å². The Kier molecular flexibility index (Phi) is 11.9. The van der Waals surface area contributed by atoms with E-state index in [1.54, 1.807) is 41.1 Å². The molecule has 4 amide bonds. The molecule has 5 rings (SSSR count). The van der Waals surface area contributed by atoms with Gasteiger partial charge in [0, 0.05) is 60.9 Å². The summed E-state index contributed by atoms with van der Waals surface area (Å²) in [7, 11) is 3.11. The van der Waals surface area contributed by atoms with E-state index in [2.05, 4.69) is 36.4 Å². The second-order valence-corrected chi connectivity index (χ2v) is 15.8. The molecule has 11 nitrogen and oxygen atoms in total. The quantitative estimate of drug-likeness (QED) is 0.228. The largest absolute Gasteiger partial charge is 0.493 e. The van der Waals surface area contributed by atoms with Crippen LogP contribution in [0.3, 0.4) is 0 Å². The van der Waals surface area contributed by atoms with E-state index in [1.807, 2.05) is 32.2 Å². The summed E-state index contributed by atoms with van der Waals surface area (Å²) >= 11 is 6.18. The number of ether oxygens (including phenoxy) is 2. The smallest absolute Gasteiger partial charge is 0.254 e. The first-order valence-electron chi connectivity index (χ1n) is 17.9. The zero-order valence-corrected chi connectivity index (χ0v) is 31.6. The Morgan fingerprint density at radius 1 is 1.00 bits per heavy atom. The monoisotopic (exact) mass is 721 g/mol. The van der Waals surface area contributed by atoms with Crippen LogP contribution in [0.1, 0.15) is 69.8 Å². The van der Waals surface area contributed by atoms with Gasteiger partial charge in [-0.05, 0) is 79.8 Å². The molecule has 3 heterocycles. The van der Waals surface area contributed by atoms with Crippen LogP contribution in [0.15, 0.2) is 42.6 Å². The van der Waals surface area contributed by atoms with Gasteiger partial charge < -0.3 is 34.9 Å². The number of nitrogens with zero attached hydrogens (tertiary/aromatic N) is 2. The Balaban J connectivity index is 1.38. The van der Waals surface area contributed by atoms with Crippen molar-refractivity contribution in [3.05, 3.63) is 58.7 Å². The molecule has 2 aliphatic heterocycles. The third-order valence-electron chi connectivity index (χ3n) is 10.0. The summed E-state index contributed by atoms with van der Waals surface area (Å²) in [6.07, 6.45) is 4.08. The lowest BCUT2D eigenvalue weighted by Crippen LogP contribution is -2.56. The summed E-state index contributed by atoms with van der Waals surface area (Å²) in [4.78, 5) is 61.7. The number of aromatic nitrogens is 1. The number of likely N-dealkylation sites (N-methyl/N-ethyl adjacent to an activating group) is 1. The van der Waals surface area contributed by atoms with Crippen LogP contribution >= 0.6 is 11.6 Å². The summed E-state index contributed by atoms with van der Waals surface area (Å²) in [5.41, 5.74) is 2.24. The first kappa shape index (κ1) is 38.0. The van der Waals surface area contributed by atoms with E-state index in [0.29, 0.717) is 48.1 Å². The summed E-state index contributed by atoms with van der Waals surface area (Å²) in [5.74, 6) is -0.739. The molecule has 0 spiro atoms. The highest BCUT2D eigenvalue weighted by molar-refractivity contribution is 6.31. The van der Waals surface area contributed by atoms with Crippen molar-refractivity contribution in [2.45, 2.75) is 72.4 Å². The van der Waals surface area contributed by atoms with Crippen molar-refractivity contribution in [1.82, 2.24) is 25.4 Å². The van der Waals surface area contributed by atoms with Crippen molar-refractivity contribution in [3.8, 4) is 11.5 Å². The number of rotatable bonds is 12. The van der Waals surface area contributed by atoms with Gasteiger partial charge in [0.25, 0.3) is 5.91 Å². The standard InChI is InChI=1S/C39H52ClN5O6/c1-23(2)51-33-13-10-24(15-34(33)50-7)38(49)45-20-26-19-44(35(46)16-25-18-42-32-17-27(40)11-12-28(25)32)22-30(29(26)21-45)36(47)43-31(37(48)41-6)9-8-14-39(3,4)5/h10-13,15,17-18,23,26,29-31,42H,8-9,14,16,19-22H2,1-7H3,(H,41,48)(H,43,47)/t26?,29?,30?,31-/m1/s1. The number of fused-ring (bicyclic) bond motifs is 2. The molecule has 2 saturated heterocycles. The summed E-state index contributed by atoms with van der Waals surface area (Å²) < 4.78 is 11.4. The molecule has 1 aromatic heterocycles. The highest BCUT2D eigenvalue weighted by Crippen LogP contribution is 2.38. The SMILES string of the molecule is CNC(=O)[C@@H](CCCC(C)(C)C)NC(=O)C1CN(C(=O)Cc2c[nH]c3cc(Cl)ccc23)CC2CN(C(=O)c3ccc(OC(C)C)c(OC)c3)CC21. The van der Waals surface area contributed by atoms with Crippen molar-refractivity contribution in [2.75, 3.05) is 40.3 Å². The van der Waals surface area contributed by atoms with Gasteiger partial charge in [-0.25, -0.2) is 0 Å². The summed E-state index contributed by atoms with van der Waals surface area (Å²) in [6.45, 7) is 11.6. The van der Waals surface area contributed by atoms with Gasteiger partial charge in [0.15, 0.2) is 11.5 Å². The van der Waals surface area contributed by atoms with Crippen LogP contribution in [-0.2, 0) is 20.8 Å². The number of nitrogens with one attached hydrogen (secondary N) is 3.